The predicted molar refractivity (Wildman–Crippen MR) is 73.9 cm³/mol. The number of ether oxygens (including phenoxy) is 3. The van der Waals surface area contributed by atoms with Crippen LogP contribution in [0.1, 0.15) is 36.2 Å². The van der Waals surface area contributed by atoms with E-state index >= 15 is 0 Å². The largest absolute Gasteiger partial charge is 0.496 e. The molecule has 0 aliphatic heterocycles. The van der Waals surface area contributed by atoms with Gasteiger partial charge in [-0.1, -0.05) is 6.07 Å². The molecule has 0 bridgehead atoms. The van der Waals surface area contributed by atoms with Gasteiger partial charge in [-0.2, -0.15) is 0 Å². The summed E-state index contributed by atoms with van der Waals surface area (Å²) in [7, 11) is 1.50. The molecule has 0 atom stereocenters. The molecule has 1 aromatic rings. The Bertz CT molecular complexity index is 467. The number of hydrogen-bond donors (Lipinski definition) is 0. The van der Waals surface area contributed by atoms with Gasteiger partial charge in [-0.25, -0.2) is 4.79 Å². The standard InChI is InChI=1S/C15H20O5/c1-4-19-14(16)9-7-11-6-8-13(18-3)12(10-11)15(17)20-5-2/h6,8,10H,4-5,7,9H2,1-3H3. The van der Waals surface area contributed by atoms with E-state index in [9.17, 15) is 9.59 Å². The van der Waals surface area contributed by atoms with Gasteiger partial charge in [0.25, 0.3) is 0 Å². The first-order valence-corrected chi connectivity index (χ1v) is 6.62. The van der Waals surface area contributed by atoms with E-state index in [-0.39, 0.29) is 12.4 Å². The van der Waals surface area contributed by atoms with Crippen molar-refractivity contribution in [1.82, 2.24) is 0 Å². The van der Waals surface area contributed by atoms with Crippen LogP contribution < -0.4 is 4.74 Å². The van der Waals surface area contributed by atoms with Crippen molar-refractivity contribution < 1.29 is 23.8 Å². The van der Waals surface area contributed by atoms with Crippen LogP contribution in [0.4, 0.5) is 0 Å². The van der Waals surface area contributed by atoms with E-state index in [0.717, 1.165) is 5.56 Å². The van der Waals surface area contributed by atoms with E-state index in [1.807, 2.05) is 6.07 Å². The number of esters is 2. The lowest BCUT2D eigenvalue weighted by atomic mass is 10.1. The van der Waals surface area contributed by atoms with E-state index in [2.05, 4.69) is 0 Å². The molecular formula is C15H20O5. The molecule has 0 radical (unpaired) electrons. The first kappa shape index (κ1) is 16.0. The number of hydrogen-bond acceptors (Lipinski definition) is 5. The normalized spacial score (nSPS) is 9.95. The van der Waals surface area contributed by atoms with Crippen molar-refractivity contribution in [1.29, 1.82) is 0 Å². The summed E-state index contributed by atoms with van der Waals surface area (Å²) in [6, 6.07) is 5.21. The highest BCUT2D eigenvalue weighted by Crippen LogP contribution is 2.21. The van der Waals surface area contributed by atoms with Crippen LogP contribution in [0.25, 0.3) is 0 Å². The molecule has 1 rings (SSSR count). The van der Waals surface area contributed by atoms with E-state index in [1.54, 1.807) is 26.0 Å². The molecule has 0 aliphatic rings. The third-order valence-electron chi connectivity index (χ3n) is 2.68. The Hall–Kier alpha value is -2.04. The molecule has 5 nitrogen and oxygen atoms in total. The second-order valence-electron chi connectivity index (χ2n) is 4.06. The zero-order valence-electron chi connectivity index (χ0n) is 12.1. The van der Waals surface area contributed by atoms with Gasteiger partial charge in [0.1, 0.15) is 11.3 Å². The summed E-state index contributed by atoms with van der Waals surface area (Å²) in [4.78, 5) is 23.1. The third-order valence-corrected chi connectivity index (χ3v) is 2.68. The quantitative estimate of drug-likeness (QED) is 0.717. The van der Waals surface area contributed by atoms with Gasteiger partial charge in [0.05, 0.1) is 20.3 Å². The minimum atomic E-state index is -0.428. The SMILES string of the molecule is CCOC(=O)CCc1ccc(OC)c(C(=O)OCC)c1. The lowest BCUT2D eigenvalue weighted by Crippen LogP contribution is -2.09. The fourth-order valence-corrected chi connectivity index (χ4v) is 1.76. The Morgan fingerprint density at radius 3 is 2.40 bits per heavy atom. The highest BCUT2D eigenvalue weighted by molar-refractivity contribution is 5.92. The molecule has 0 saturated heterocycles. The topological polar surface area (TPSA) is 61.8 Å². The monoisotopic (exact) mass is 280 g/mol. The molecule has 0 spiro atoms. The summed E-state index contributed by atoms with van der Waals surface area (Å²) in [6.45, 7) is 4.18. The molecule has 0 fully saturated rings. The van der Waals surface area contributed by atoms with Crippen LogP contribution in [0.3, 0.4) is 0 Å². The second kappa shape index (κ2) is 8.19. The molecule has 0 amide bonds. The number of carbonyl (C=O) groups is 2. The molecule has 0 heterocycles. The molecule has 0 unspecified atom stereocenters. The van der Waals surface area contributed by atoms with Crippen LogP contribution in [0.15, 0.2) is 18.2 Å². The van der Waals surface area contributed by atoms with E-state index < -0.39 is 5.97 Å². The van der Waals surface area contributed by atoms with Crippen LogP contribution in [0, 0.1) is 0 Å². The fraction of sp³-hybridized carbons (Fsp3) is 0.467. The number of benzene rings is 1. The first-order chi connectivity index (χ1) is 9.62. The summed E-state index contributed by atoms with van der Waals surface area (Å²) in [5.74, 6) is -0.216. The van der Waals surface area contributed by atoms with Crippen molar-refractivity contribution in [2.24, 2.45) is 0 Å². The highest BCUT2D eigenvalue weighted by Gasteiger charge is 2.14. The summed E-state index contributed by atoms with van der Waals surface area (Å²) < 4.78 is 15.0. The summed E-state index contributed by atoms with van der Waals surface area (Å²) in [5.41, 5.74) is 1.23. The number of rotatable bonds is 7. The van der Waals surface area contributed by atoms with E-state index in [4.69, 9.17) is 14.2 Å². The molecule has 110 valence electrons. The Balaban J connectivity index is 2.81. The van der Waals surface area contributed by atoms with Crippen LogP contribution in [0.2, 0.25) is 0 Å². The molecule has 0 aromatic heterocycles. The number of aryl methyl sites for hydroxylation is 1. The fourth-order valence-electron chi connectivity index (χ4n) is 1.76. The van der Waals surface area contributed by atoms with Gasteiger partial charge in [0, 0.05) is 6.42 Å². The number of methoxy groups -OCH3 is 1. The van der Waals surface area contributed by atoms with E-state index in [1.165, 1.54) is 7.11 Å². The van der Waals surface area contributed by atoms with Gasteiger partial charge in [0.2, 0.25) is 0 Å². The van der Waals surface area contributed by atoms with Crippen molar-refractivity contribution in [2.75, 3.05) is 20.3 Å². The maximum atomic E-state index is 11.8. The van der Waals surface area contributed by atoms with Crippen LogP contribution in [-0.4, -0.2) is 32.3 Å². The zero-order valence-corrected chi connectivity index (χ0v) is 12.1. The van der Waals surface area contributed by atoms with Crippen LogP contribution in [0.5, 0.6) is 5.75 Å². The molecule has 20 heavy (non-hydrogen) atoms. The van der Waals surface area contributed by atoms with E-state index in [0.29, 0.717) is 30.9 Å². The van der Waals surface area contributed by atoms with Gasteiger partial charge >= 0.3 is 11.9 Å². The Kier molecular flexibility index (Phi) is 6.56. The maximum absolute atomic E-state index is 11.8. The molecule has 0 aliphatic carbocycles. The predicted octanol–water partition coefficient (Wildman–Crippen LogP) is 2.37. The van der Waals surface area contributed by atoms with Crippen molar-refractivity contribution in [3.63, 3.8) is 0 Å². The minimum Gasteiger partial charge on any atom is -0.496 e. The Labute approximate surface area is 118 Å². The van der Waals surface area contributed by atoms with Crippen molar-refractivity contribution in [3.8, 4) is 5.75 Å². The smallest absolute Gasteiger partial charge is 0.341 e. The highest BCUT2D eigenvalue weighted by atomic mass is 16.5. The Morgan fingerprint density at radius 1 is 1.10 bits per heavy atom. The van der Waals surface area contributed by atoms with Gasteiger partial charge in [0.15, 0.2) is 0 Å². The molecule has 5 heteroatoms. The molecular weight excluding hydrogens is 260 g/mol. The van der Waals surface area contributed by atoms with Gasteiger partial charge in [-0.15, -0.1) is 0 Å². The first-order valence-electron chi connectivity index (χ1n) is 6.62. The van der Waals surface area contributed by atoms with Crippen molar-refractivity contribution in [3.05, 3.63) is 29.3 Å². The minimum absolute atomic E-state index is 0.249. The summed E-state index contributed by atoms with van der Waals surface area (Å²) >= 11 is 0. The molecule has 0 N–H and O–H groups in total. The summed E-state index contributed by atoms with van der Waals surface area (Å²) in [5, 5.41) is 0. The Morgan fingerprint density at radius 2 is 1.80 bits per heavy atom. The van der Waals surface area contributed by atoms with Gasteiger partial charge in [-0.3, -0.25) is 4.79 Å². The van der Waals surface area contributed by atoms with Gasteiger partial charge < -0.3 is 14.2 Å². The van der Waals surface area contributed by atoms with Gasteiger partial charge in [-0.05, 0) is 38.0 Å². The summed E-state index contributed by atoms with van der Waals surface area (Å²) in [6.07, 6.45) is 0.789. The van der Waals surface area contributed by atoms with Crippen molar-refractivity contribution >= 4 is 11.9 Å². The third kappa shape index (κ3) is 4.57. The van der Waals surface area contributed by atoms with Crippen LogP contribution >= 0.6 is 0 Å². The number of carbonyl (C=O) groups excluding carboxylic acids is 2. The molecule has 0 saturated carbocycles. The second-order valence-corrected chi connectivity index (χ2v) is 4.06. The van der Waals surface area contributed by atoms with Crippen molar-refractivity contribution in [2.45, 2.75) is 26.7 Å². The average Bonchev–Trinajstić information content (AvgIpc) is 2.45. The lowest BCUT2D eigenvalue weighted by molar-refractivity contribution is -0.143. The van der Waals surface area contributed by atoms with Crippen LogP contribution in [-0.2, 0) is 20.7 Å². The zero-order chi connectivity index (χ0) is 15.0. The maximum Gasteiger partial charge on any atom is 0.341 e. The molecule has 1 aromatic carbocycles. The average molecular weight is 280 g/mol. The lowest BCUT2D eigenvalue weighted by Gasteiger charge is -2.10.